The lowest BCUT2D eigenvalue weighted by atomic mass is 10.0. The first kappa shape index (κ1) is 22.8. The highest BCUT2D eigenvalue weighted by molar-refractivity contribution is 5.87. The largest absolute Gasteiger partial charge is 0.846 e. The van der Waals surface area contributed by atoms with Gasteiger partial charge in [0.25, 0.3) is 6.20 Å². The number of benzene rings is 1. The molecule has 0 saturated carbocycles. The van der Waals surface area contributed by atoms with E-state index in [4.69, 9.17) is 4.52 Å². The Kier molecular flexibility index (Phi) is 6.21. The van der Waals surface area contributed by atoms with Crippen LogP contribution in [0.25, 0.3) is 11.1 Å². The van der Waals surface area contributed by atoms with Crippen molar-refractivity contribution in [2.24, 2.45) is 4.99 Å². The van der Waals surface area contributed by atoms with Crippen LogP contribution >= 0.6 is 0 Å². The summed E-state index contributed by atoms with van der Waals surface area (Å²) >= 11 is 0. The second kappa shape index (κ2) is 9.25. The molecule has 174 valence electrons. The lowest BCUT2D eigenvalue weighted by Gasteiger charge is -2.14. The number of rotatable bonds is 5. The summed E-state index contributed by atoms with van der Waals surface area (Å²) in [6.07, 6.45) is 0.0793. The first-order chi connectivity index (χ1) is 16.2. The summed E-state index contributed by atoms with van der Waals surface area (Å²) in [4.78, 5) is 16.5. The molecule has 0 radical (unpaired) electrons. The van der Waals surface area contributed by atoms with Gasteiger partial charge in [-0.1, -0.05) is 12.1 Å². The maximum atomic E-state index is 12.8. The van der Waals surface area contributed by atoms with E-state index in [9.17, 15) is 18.3 Å². The molecule has 3 aromatic heterocycles. The zero-order valence-electron chi connectivity index (χ0n) is 18.0. The summed E-state index contributed by atoms with van der Waals surface area (Å²) in [6.45, 7) is 4.05. The zero-order valence-corrected chi connectivity index (χ0v) is 18.0. The van der Waals surface area contributed by atoms with E-state index in [0.29, 0.717) is 5.69 Å². The van der Waals surface area contributed by atoms with E-state index in [1.165, 1.54) is 29.3 Å². The summed E-state index contributed by atoms with van der Waals surface area (Å²) in [5.41, 5.74) is 3.25. The van der Waals surface area contributed by atoms with Gasteiger partial charge < -0.3 is 10.4 Å². The van der Waals surface area contributed by atoms with E-state index in [2.05, 4.69) is 30.5 Å². The summed E-state index contributed by atoms with van der Waals surface area (Å²) in [5, 5.41) is 18.1. The molecular formula is C22H18F3N7O2. The highest BCUT2D eigenvalue weighted by Gasteiger charge is 2.30. The van der Waals surface area contributed by atoms with Crippen LogP contribution in [0.5, 0.6) is 0 Å². The molecule has 0 saturated heterocycles. The number of nitrogens with one attached hydrogen (secondary N) is 1. The van der Waals surface area contributed by atoms with Crippen LogP contribution in [0.4, 0.5) is 24.7 Å². The van der Waals surface area contributed by atoms with Crippen LogP contribution in [-0.4, -0.2) is 26.2 Å². The summed E-state index contributed by atoms with van der Waals surface area (Å²) in [7, 11) is 0. The van der Waals surface area contributed by atoms with E-state index >= 15 is 0 Å². The van der Waals surface area contributed by atoms with Gasteiger partial charge in [-0.25, -0.2) is 15.0 Å². The average molecular weight is 469 g/mol. The molecule has 1 N–H and O–H groups in total. The van der Waals surface area contributed by atoms with Crippen LogP contribution in [0.15, 0.2) is 64.6 Å². The van der Waals surface area contributed by atoms with E-state index < -0.39 is 17.8 Å². The van der Waals surface area contributed by atoms with Crippen LogP contribution in [0.1, 0.15) is 22.6 Å². The molecule has 0 fully saturated rings. The van der Waals surface area contributed by atoms with Gasteiger partial charge in [0.15, 0.2) is 0 Å². The van der Waals surface area contributed by atoms with Crippen molar-refractivity contribution in [2.45, 2.75) is 26.6 Å². The first-order valence-electron chi connectivity index (χ1n) is 9.99. The fraction of sp³-hybridized carbons (Fsp3) is 0.182. The van der Waals surface area contributed by atoms with E-state index in [1.54, 1.807) is 6.20 Å². The number of amidine groups is 1. The van der Waals surface area contributed by atoms with Crippen LogP contribution in [0.3, 0.4) is 0 Å². The lowest BCUT2D eigenvalue weighted by Crippen LogP contribution is -2.35. The van der Waals surface area contributed by atoms with Crippen LogP contribution in [-0.2, 0) is 12.7 Å². The molecule has 1 aromatic carbocycles. The number of pyridine rings is 1. The van der Waals surface area contributed by atoms with Crippen molar-refractivity contribution in [3.8, 4) is 11.1 Å². The van der Waals surface area contributed by atoms with Gasteiger partial charge >= 0.3 is 12.1 Å². The van der Waals surface area contributed by atoms with E-state index in [-0.39, 0.29) is 18.1 Å². The maximum Gasteiger partial charge on any atom is 0.416 e. The van der Waals surface area contributed by atoms with Crippen molar-refractivity contribution in [3.05, 3.63) is 77.8 Å². The predicted molar refractivity (Wildman–Crippen MR) is 113 cm³/mol. The van der Waals surface area contributed by atoms with Crippen LogP contribution < -0.4 is 15.1 Å². The summed E-state index contributed by atoms with van der Waals surface area (Å²) < 4.78 is 44.8. The van der Waals surface area contributed by atoms with Gasteiger partial charge in [0.05, 0.1) is 11.6 Å². The molecule has 0 aliphatic heterocycles. The number of hydrogen-bond acceptors (Lipinski definition) is 7. The van der Waals surface area contributed by atoms with Crippen molar-refractivity contribution in [3.63, 3.8) is 0 Å². The van der Waals surface area contributed by atoms with Crippen molar-refractivity contribution >= 4 is 17.6 Å². The minimum Gasteiger partial charge on any atom is -0.846 e. The molecule has 0 atom stereocenters. The SMILES string of the molecule is Cc1ncnc(C)c1-c1ccc(C[n+]2cc(/N=C(\[O-])Nc3cccc(C(F)(F)F)c3)on2)nc1. The summed E-state index contributed by atoms with van der Waals surface area (Å²) in [6, 6.07) is 7.04. The van der Waals surface area contributed by atoms with Crippen molar-refractivity contribution < 1.29 is 27.5 Å². The number of anilines is 1. The van der Waals surface area contributed by atoms with Crippen molar-refractivity contribution in [2.75, 3.05) is 5.32 Å². The molecule has 12 heteroatoms. The fourth-order valence-corrected chi connectivity index (χ4v) is 3.26. The number of aryl methyl sites for hydroxylation is 2. The molecule has 0 aliphatic carbocycles. The number of nitrogens with zero attached hydrogens (tertiary/aromatic N) is 6. The molecule has 4 rings (SSSR count). The monoisotopic (exact) mass is 469 g/mol. The second-order valence-electron chi connectivity index (χ2n) is 7.32. The third-order valence-electron chi connectivity index (χ3n) is 4.82. The van der Waals surface area contributed by atoms with Crippen molar-refractivity contribution in [1.82, 2.24) is 20.2 Å². The zero-order chi connectivity index (χ0) is 24.3. The molecule has 0 bridgehead atoms. The molecule has 34 heavy (non-hydrogen) atoms. The number of alkyl halides is 3. The Labute approximate surface area is 191 Å². The number of hydrogen-bond donors (Lipinski definition) is 1. The number of aliphatic imine (C=N–C) groups is 1. The van der Waals surface area contributed by atoms with Gasteiger partial charge in [-0.2, -0.15) is 13.2 Å². The molecule has 0 amide bonds. The smallest absolute Gasteiger partial charge is 0.416 e. The third-order valence-corrected chi connectivity index (χ3v) is 4.82. The maximum absolute atomic E-state index is 12.8. The fourth-order valence-electron chi connectivity index (χ4n) is 3.26. The van der Waals surface area contributed by atoms with Gasteiger partial charge in [0, 0.05) is 34.4 Å². The van der Waals surface area contributed by atoms with E-state index in [0.717, 1.165) is 34.6 Å². The number of halogens is 3. The average Bonchev–Trinajstić information content (AvgIpc) is 3.21. The van der Waals surface area contributed by atoms with Crippen LogP contribution in [0, 0.1) is 13.8 Å². The molecule has 4 aromatic rings. The van der Waals surface area contributed by atoms with Gasteiger partial charge in [0.1, 0.15) is 12.0 Å². The molecule has 9 nitrogen and oxygen atoms in total. The molecular weight excluding hydrogens is 451 g/mol. The standard InChI is InChI=1S/C22H18F3N7O2/c1-13-20(14(2)28-12-27-13)15-6-7-18(26-9-15)10-32-11-19(34-31-32)30-21(33)29-17-5-3-4-16(8-17)22(23,24)25/h3-9,11-12H,10H2,1-2H3,(H-,29,30,31,33). The van der Waals surface area contributed by atoms with Gasteiger partial charge in [-0.05, 0) is 42.8 Å². The Hall–Kier alpha value is -4.35. The summed E-state index contributed by atoms with van der Waals surface area (Å²) in [5.74, 6) is -0.117. The highest BCUT2D eigenvalue weighted by Crippen LogP contribution is 2.30. The topological polar surface area (TPSA) is 116 Å². The molecule has 0 spiro atoms. The molecule has 3 heterocycles. The Morgan fingerprint density at radius 2 is 1.88 bits per heavy atom. The quantitative estimate of drug-likeness (QED) is 0.271. The second-order valence-corrected chi connectivity index (χ2v) is 7.32. The molecule has 0 unspecified atom stereocenters. The van der Waals surface area contributed by atoms with Crippen LogP contribution in [0.2, 0.25) is 0 Å². The van der Waals surface area contributed by atoms with Gasteiger partial charge in [-0.15, -0.1) is 0 Å². The normalized spacial score (nSPS) is 12.1. The van der Waals surface area contributed by atoms with Gasteiger partial charge in [0.2, 0.25) is 11.8 Å². The van der Waals surface area contributed by atoms with Gasteiger partial charge in [-0.3, -0.25) is 9.51 Å². The Bertz CT molecular complexity index is 1310. The lowest BCUT2D eigenvalue weighted by molar-refractivity contribution is -0.755. The number of aromatic nitrogens is 5. The highest BCUT2D eigenvalue weighted by atomic mass is 19.4. The molecule has 0 aliphatic rings. The Balaban J connectivity index is 1.43. The van der Waals surface area contributed by atoms with Crippen molar-refractivity contribution in [1.29, 1.82) is 0 Å². The third kappa shape index (κ3) is 5.34. The minimum absolute atomic E-state index is 0.0467. The minimum atomic E-state index is -4.52. The Morgan fingerprint density at radius 1 is 1.12 bits per heavy atom. The first-order valence-corrected chi connectivity index (χ1v) is 9.99. The predicted octanol–water partition coefficient (Wildman–Crippen LogP) is 2.96. The Morgan fingerprint density at radius 3 is 2.56 bits per heavy atom. The van der Waals surface area contributed by atoms with E-state index in [1.807, 2.05) is 26.0 Å².